The summed E-state index contributed by atoms with van der Waals surface area (Å²) in [5, 5.41) is 3.44. The molecular weight excluding hydrogens is 282 g/mol. The lowest BCUT2D eigenvalue weighted by atomic mass is 9.91. The lowest BCUT2D eigenvalue weighted by Gasteiger charge is -2.36. The Morgan fingerprint density at radius 1 is 1.24 bits per heavy atom. The molecule has 0 aliphatic heterocycles. The Kier molecular flexibility index (Phi) is 6.29. The molecular formula is C17H27NO2S. The van der Waals surface area contributed by atoms with E-state index in [4.69, 9.17) is 4.74 Å². The van der Waals surface area contributed by atoms with E-state index in [9.17, 15) is 4.79 Å². The monoisotopic (exact) mass is 309 g/mol. The molecule has 0 saturated carbocycles. The third-order valence-electron chi connectivity index (χ3n) is 3.06. The van der Waals surface area contributed by atoms with E-state index in [0.29, 0.717) is 5.75 Å². The largest absolute Gasteiger partial charge is 0.467 e. The first-order valence-electron chi connectivity index (χ1n) is 7.27. The van der Waals surface area contributed by atoms with Crippen LogP contribution in [0.3, 0.4) is 0 Å². The van der Waals surface area contributed by atoms with Gasteiger partial charge in [-0.3, -0.25) is 5.32 Å². The van der Waals surface area contributed by atoms with E-state index in [-0.39, 0.29) is 16.8 Å². The number of thioether (sulfide) groups is 1. The molecule has 118 valence electrons. The van der Waals surface area contributed by atoms with Crippen LogP contribution in [-0.4, -0.2) is 29.6 Å². The molecule has 0 bridgehead atoms. The van der Waals surface area contributed by atoms with Crippen molar-refractivity contribution in [3.63, 3.8) is 0 Å². The molecule has 0 heterocycles. The minimum Gasteiger partial charge on any atom is -0.467 e. The maximum absolute atomic E-state index is 12.6. The number of hydrogen-bond acceptors (Lipinski definition) is 4. The molecule has 3 nitrogen and oxygen atoms in total. The van der Waals surface area contributed by atoms with E-state index in [1.54, 1.807) is 11.8 Å². The zero-order valence-electron chi connectivity index (χ0n) is 13.9. The van der Waals surface area contributed by atoms with Crippen molar-refractivity contribution in [2.24, 2.45) is 0 Å². The van der Waals surface area contributed by atoms with E-state index in [1.807, 2.05) is 44.2 Å². The van der Waals surface area contributed by atoms with Crippen LogP contribution in [0.2, 0.25) is 0 Å². The number of methoxy groups -OCH3 is 1. The average molecular weight is 309 g/mol. The van der Waals surface area contributed by atoms with Crippen LogP contribution < -0.4 is 5.32 Å². The number of nitrogens with one attached hydrogen (secondary N) is 1. The van der Waals surface area contributed by atoms with Gasteiger partial charge < -0.3 is 4.74 Å². The van der Waals surface area contributed by atoms with Gasteiger partial charge in [-0.2, -0.15) is 11.8 Å². The van der Waals surface area contributed by atoms with Crippen LogP contribution in [0.25, 0.3) is 0 Å². The maximum Gasteiger partial charge on any atom is 0.331 e. The number of esters is 1. The number of hydrogen-bond donors (Lipinski definition) is 1. The first kappa shape index (κ1) is 18.1. The first-order chi connectivity index (χ1) is 9.71. The highest BCUT2D eigenvalue weighted by Gasteiger charge is 2.42. The van der Waals surface area contributed by atoms with Crippen LogP contribution in [0.5, 0.6) is 0 Å². The van der Waals surface area contributed by atoms with Gasteiger partial charge in [-0.05, 0) is 19.4 Å². The fraction of sp³-hybridized carbons (Fsp3) is 0.588. The van der Waals surface area contributed by atoms with Gasteiger partial charge in [-0.15, -0.1) is 0 Å². The second kappa shape index (κ2) is 7.32. The second-order valence-corrected chi connectivity index (χ2v) is 8.27. The summed E-state index contributed by atoms with van der Waals surface area (Å²) in [5.41, 5.74) is 0.129. The number of ether oxygens (including phenoxy) is 1. The van der Waals surface area contributed by atoms with Crippen molar-refractivity contribution in [3.05, 3.63) is 35.9 Å². The van der Waals surface area contributed by atoms with E-state index in [0.717, 1.165) is 5.56 Å². The van der Waals surface area contributed by atoms with Gasteiger partial charge in [0.2, 0.25) is 0 Å². The molecule has 0 fully saturated rings. The maximum atomic E-state index is 12.6. The second-order valence-electron chi connectivity index (χ2n) is 6.46. The van der Waals surface area contributed by atoms with Crippen molar-refractivity contribution in [3.8, 4) is 0 Å². The van der Waals surface area contributed by atoms with Gasteiger partial charge in [-0.1, -0.05) is 51.1 Å². The molecule has 0 saturated heterocycles. The Bertz CT molecular complexity index is 454. The Balaban J connectivity index is 3.25. The highest BCUT2D eigenvalue weighted by atomic mass is 32.2. The molecule has 1 N–H and O–H groups in total. The van der Waals surface area contributed by atoms with Crippen molar-refractivity contribution >= 4 is 17.7 Å². The van der Waals surface area contributed by atoms with E-state index in [1.165, 1.54) is 7.11 Å². The SMILES string of the molecule is COC(=O)C(CSC(C)(C)C)(NC(C)C)c1ccccc1. The van der Waals surface area contributed by atoms with Gasteiger partial charge in [0.05, 0.1) is 7.11 Å². The molecule has 0 aliphatic carbocycles. The molecule has 1 rings (SSSR count). The van der Waals surface area contributed by atoms with E-state index >= 15 is 0 Å². The fourth-order valence-electron chi connectivity index (χ4n) is 2.16. The predicted molar refractivity (Wildman–Crippen MR) is 90.6 cm³/mol. The molecule has 21 heavy (non-hydrogen) atoms. The topological polar surface area (TPSA) is 38.3 Å². The normalized spacial score (nSPS) is 14.8. The molecule has 0 spiro atoms. The smallest absolute Gasteiger partial charge is 0.331 e. The van der Waals surface area contributed by atoms with Crippen molar-refractivity contribution in [1.82, 2.24) is 5.32 Å². The molecule has 1 aromatic carbocycles. The lowest BCUT2D eigenvalue weighted by molar-refractivity contribution is -0.148. The minimum atomic E-state index is -0.817. The summed E-state index contributed by atoms with van der Waals surface area (Å²) in [6, 6.07) is 10.0. The molecule has 1 aromatic rings. The Hall–Kier alpha value is -1.00. The third kappa shape index (κ3) is 5.04. The first-order valence-corrected chi connectivity index (χ1v) is 8.25. The summed E-state index contributed by atoms with van der Waals surface area (Å²) in [5.74, 6) is 0.393. The number of benzene rings is 1. The molecule has 1 atom stereocenters. The quantitative estimate of drug-likeness (QED) is 0.815. The summed E-state index contributed by atoms with van der Waals surface area (Å²) in [4.78, 5) is 12.6. The van der Waals surface area contributed by atoms with Gasteiger partial charge in [0.25, 0.3) is 0 Å². The summed E-state index contributed by atoms with van der Waals surface area (Å²) in [6.45, 7) is 10.5. The van der Waals surface area contributed by atoms with Gasteiger partial charge in [0.1, 0.15) is 0 Å². The van der Waals surface area contributed by atoms with Gasteiger partial charge in [0, 0.05) is 16.5 Å². The van der Waals surface area contributed by atoms with Crippen LogP contribution in [0.4, 0.5) is 0 Å². The molecule has 0 radical (unpaired) electrons. The number of carbonyl (C=O) groups excluding carboxylic acids is 1. The zero-order chi connectivity index (χ0) is 16.1. The Morgan fingerprint density at radius 2 is 1.81 bits per heavy atom. The fourth-order valence-corrected chi connectivity index (χ4v) is 3.18. The van der Waals surface area contributed by atoms with Crippen molar-refractivity contribution < 1.29 is 9.53 Å². The third-order valence-corrected chi connectivity index (χ3v) is 4.50. The standard InChI is InChI=1S/C17H27NO2S/c1-13(2)18-17(15(19)20-6,12-21-16(3,4)5)14-10-8-7-9-11-14/h7-11,13,18H,12H2,1-6H3. The molecule has 1 unspecified atom stereocenters. The molecule has 4 heteroatoms. The van der Waals surface area contributed by atoms with Crippen LogP contribution in [-0.2, 0) is 15.1 Å². The number of rotatable bonds is 6. The Labute approximate surface area is 132 Å². The minimum absolute atomic E-state index is 0.0761. The average Bonchev–Trinajstić information content (AvgIpc) is 2.42. The van der Waals surface area contributed by atoms with Crippen LogP contribution in [0.15, 0.2) is 30.3 Å². The van der Waals surface area contributed by atoms with Crippen LogP contribution in [0.1, 0.15) is 40.2 Å². The van der Waals surface area contributed by atoms with E-state index in [2.05, 4.69) is 26.1 Å². The summed E-state index contributed by atoms with van der Waals surface area (Å²) in [6.07, 6.45) is 0. The van der Waals surface area contributed by atoms with Crippen molar-refractivity contribution in [2.75, 3.05) is 12.9 Å². The molecule has 0 amide bonds. The van der Waals surface area contributed by atoms with Crippen molar-refractivity contribution in [1.29, 1.82) is 0 Å². The Morgan fingerprint density at radius 3 is 2.24 bits per heavy atom. The van der Waals surface area contributed by atoms with Gasteiger partial charge in [-0.25, -0.2) is 4.79 Å². The van der Waals surface area contributed by atoms with Crippen LogP contribution >= 0.6 is 11.8 Å². The highest BCUT2D eigenvalue weighted by molar-refractivity contribution is 8.00. The van der Waals surface area contributed by atoms with E-state index < -0.39 is 5.54 Å². The molecule has 0 aliphatic rings. The van der Waals surface area contributed by atoms with Crippen molar-refractivity contribution in [2.45, 2.75) is 50.9 Å². The van der Waals surface area contributed by atoms with Gasteiger partial charge >= 0.3 is 5.97 Å². The number of carbonyl (C=O) groups is 1. The van der Waals surface area contributed by atoms with Crippen LogP contribution in [0, 0.1) is 0 Å². The van der Waals surface area contributed by atoms with Gasteiger partial charge in [0.15, 0.2) is 5.54 Å². The summed E-state index contributed by atoms with van der Waals surface area (Å²) in [7, 11) is 1.45. The predicted octanol–water partition coefficient (Wildman–Crippen LogP) is 3.58. The zero-order valence-corrected chi connectivity index (χ0v) is 14.7. The molecule has 0 aromatic heterocycles. The highest BCUT2D eigenvalue weighted by Crippen LogP contribution is 2.33. The lowest BCUT2D eigenvalue weighted by Crippen LogP contribution is -2.55. The summed E-state index contributed by atoms with van der Waals surface area (Å²) < 4.78 is 5.20. The summed E-state index contributed by atoms with van der Waals surface area (Å²) >= 11 is 1.76.